The van der Waals surface area contributed by atoms with Crippen LogP contribution in [-0.2, 0) is 4.74 Å². The van der Waals surface area contributed by atoms with Crippen LogP contribution in [-0.4, -0.2) is 55.8 Å². The minimum Gasteiger partial charge on any atom is -0.383 e. The molecule has 1 fully saturated rings. The van der Waals surface area contributed by atoms with Gasteiger partial charge >= 0.3 is 0 Å². The maximum Gasteiger partial charge on any atom is 0.225 e. The van der Waals surface area contributed by atoms with Crippen molar-refractivity contribution in [3.05, 3.63) is 42.2 Å². The number of hydrogen-bond acceptors (Lipinski definition) is 5. The Hall–Kier alpha value is -1.98. The van der Waals surface area contributed by atoms with Crippen LogP contribution in [0, 0.1) is 0 Å². The number of rotatable bonds is 6. The molecular formula is C19H26N4O. The molecule has 0 spiro atoms. The van der Waals surface area contributed by atoms with Crippen molar-refractivity contribution in [3.63, 3.8) is 0 Å². The Morgan fingerprint density at radius 2 is 2.04 bits per heavy atom. The van der Waals surface area contributed by atoms with Gasteiger partial charge in [-0.3, -0.25) is 4.90 Å². The third-order valence-electron chi connectivity index (χ3n) is 4.55. The molecule has 0 N–H and O–H groups in total. The van der Waals surface area contributed by atoms with Gasteiger partial charge in [-0.2, -0.15) is 0 Å². The number of likely N-dealkylation sites (tertiary alicyclic amines) is 1. The van der Waals surface area contributed by atoms with Gasteiger partial charge in [0, 0.05) is 39.5 Å². The maximum atomic E-state index is 5.28. The smallest absolute Gasteiger partial charge is 0.225 e. The highest BCUT2D eigenvalue weighted by atomic mass is 16.5. The van der Waals surface area contributed by atoms with Crippen LogP contribution in [0.5, 0.6) is 0 Å². The van der Waals surface area contributed by atoms with Gasteiger partial charge in [-0.05, 0) is 24.9 Å². The molecule has 3 rings (SSSR count). The Morgan fingerprint density at radius 3 is 2.75 bits per heavy atom. The van der Waals surface area contributed by atoms with Crippen molar-refractivity contribution in [2.45, 2.75) is 18.9 Å². The normalized spacial score (nSPS) is 18.0. The van der Waals surface area contributed by atoms with E-state index in [2.05, 4.69) is 34.1 Å². The van der Waals surface area contributed by atoms with Crippen molar-refractivity contribution in [2.75, 3.05) is 45.8 Å². The zero-order chi connectivity index (χ0) is 16.9. The number of ether oxygens (including phenoxy) is 1. The highest BCUT2D eigenvalue weighted by molar-refractivity contribution is 5.66. The zero-order valence-electron chi connectivity index (χ0n) is 14.8. The molecule has 0 radical (unpaired) electrons. The van der Waals surface area contributed by atoms with Gasteiger partial charge < -0.3 is 9.64 Å². The van der Waals surface area contributed by atoms with Crippen LogP contribution in [0.15, 0.2) is 36.5 Å². The third-order valence-corrected chi connectivity index (χ3v) is 4.55. The molecule has 1 aliphatic rings. The van der Waals surface area contributed by atoms with Crippen LogP contribution >= 0.6 is 0 Å². The fraction of sp³-hybridized carbons (Fsp3) is 0.474. The molecule has 24 heavy (non-hydrogen) atoms. The minimum atomic E-state index is 0.331. The number of nitrogens with zero attached hydrogens (tertiary/aromatic N) is 4. The van der Waals surface area contributed by atoms with Crippen molar-refractivity contribution >= 4 is 5.95 Å². The van der Waals surface area contributed by atoms with Gasteiger partial charge in [0.25, 0.3) is 0 Å². The summed E-state index contributed by atoms with van der Waals surface area (Å²) in [5.41, 5.74) is 3.44. The quantitative estimate of drug-likeness (QED) is 0.816. The Balaban J connectivity index is 2.01. The van der Waals surface area contributed by atoms with Gasteiger partial charge in [0.1, 0.15) is 0 Å². The van der Waals surface area contributed by atoms with Crippen LogP contribution in [0.4, 0.5) is 5.95 Å². The zero-order valence-corrected chi connectivity index (χ0v) is 14.8. The van der Waals surface area contributed by atoms with E-state index in [-0.39, 0.29) is 0 Å². The largest absolute Gasteiger partial charge is 0.383 e. The molecule has 0 amide bonds. The summed E-state index contributed by atoms with van der Waals surface area (Å²) in [7, 11) is 5.73. The van der Waals surface area contributed by atoms with Crippen LogP contribution in [0.1, 0.15) is 24.6 Å². The van der Waals surface area contributed by atoms with Crippen LogP contribution < -0.4 is 4.90 Å². The second-order valence-corrected chi connectivity index (χ2v) is 6.42. The van der Waals surface area contributed by atoms with E-state index in [1.165, 1.54) is 12.0 Å². The first kappa shape index (κ1) is 16.9. The van der Waals surface area contributed by atoms with Crippen molar-refractivity contribution in [2.24, 2.45) is 0 Å². The summed E-state index contributed by atoms with van der Waals surface area (Å²) in [6.45, 7) is 2.79. The highest BCUT2D eigenvalue weighted by Gasteiger charge is 2.29. The second-order valence-electron chi connectivity index (χ2n) is 6.42. The molecule has 0 bridgehead atoms. The highest BCUT2D eigenvalue weighted by Crippen LogP contribution is 2.36. The van der Waals surface area contributed by atoms with Gasteiger partial charge in [-0.1, -0.05) is 30.3 Å². The third kappa shape index (κ3) is 3.57. The molecule has 1 aliphatic heterocycles. The molecule has 5 heteroatoms. The maximum absolute atomic E-state index is 5.28. The van der Waals surface area contributed by atoms with Crippen LogP contribution in [0.2, 0.25) is 0 Å². The van der Waals surface area contributed by atoms with Crippen LogP contribution in [0.25, 0.3) is 11.1 Å². The van der Waals surface area contributed by atoms with E-state index in [1.54, 1.807) is 7.11 Å². The van der Waals surface area contributed by atoms with Gasteiger partial charge in [0.2, 0.25) is 5.95 Å². The van der Waals surface area contributed by atoms with E-state index >= 15 is 0 Å². The number of hydrogen-bond donors (Lipinski definition) is 0. The molecule has 0 unspecified atom stereocenters. The summed E-state index contributed by atoms with van der Waals surface area (Å²) in [6, 6.07) is 10.8. The number of benzene rings is 1. The van der Waals surface area contributed by atoms with E-state index in [0.717, 1.165) is 43.3 Å². The predicted molar refractivity (Wildman–Crippen MR) is 97.2 cm³/mol. The Kier molecular flexibility index (Phi) is 5.43. The fourth-order valence-electron chi connectivity index (χ4n) is 3.31. The van der Waals surface area contributed by atoms with E-state index in [1.807, 2.05) is 31.3 Å². The van der Waals surface area contributed by atoms with Gasteiger partial charge in [-0.15, -0.1) is 0 Å². The number of aromatic nitrogens is 2. The van der Waals surface area contributed by atoms with Crippen molar-refractivity contribution in [1.82, 2.24) is 14.9 Å². The molecule has 2 heterocycles. The minimum absolute atomic E-state index is 0.331. The van der Waals surface area contributed by atoms with Crippen molar-refractivity contribution in [3.8, 4) is 11.1 Å². The summed E-state index contributed by atoms with van der Waals surface area (Å²) < 4.78 is 5.28. The van der Waals surface area contributed by atoms with E-state index < -0.39 is 0 Å². The first-order valence-corrected chi connectivity index (χ1v) is 8.53. The molecule has 0 saturated carbocycles. The first-order chi connectivity index (χ1) is 11.7. The molecule has 5 nitrogen and oxygen atoms in total. The lowest BCUT2D eigenvalue weighted by atomic mass is 10.00. The molecular weight excluding hydrogens is 300 g/mol. The predicted octanol–water partition coefficient (Wildman–Crippen LogP) is 2.99. The van der Waals surface area contributed by atoms with Crippen LogP contribution in [0.3, 0.4) is 0 Å². The number of anilines is 1. The molecule has 1 aromatic carbocycles. The Labute approximate surface area is 144 Å². The monoisotopic (exact) mass is 326 g/mol. The Bertz CT molecular complexity index is 660. The summed E-state index contributed by atoms with van der Waals surface area (Å²) >= 11 is 0. The van der Waals surface area contributed by atoms with E-state index in [9.17, 15) is 0 Å². The lowest BCUT2D eigenvalue weighted by Gasteiger charge is -2.26. The first-order valence-electron chi connectivity index (χ1n) is 8.53. The molecule has 1 atom stereocenters. The molecule has 128 valence electrons. The summed E-state index contributed by atoms with van der Waals surface area (Å²) in [6.07, 6.45) is 4.30. The Morgan fingerprint density at radius 1 is 1.25 bits per heavy atom. The average molecular weight is 326 g/mol. The van der Waals surface area contributed by atoms with E-state index in [0.29, 0.717) is 6.04 Å². The topological polar surface area (TPSA) is 41.5 Å². The summed E-state index contributed by atoms with van der Waals surface area (Å²) in [4.78, 5) is 13.9. The lowest BCUT2D eigenvalue weighted by Crippen LogP contribution is -2.28. The molecule has 2 aromatic rings. The van der Waals surface area contributed by atoms with Gasteiger partial charge in [0.15, 0.2) is 0 Å². The average Bonchev–Trinajstić information content (AvgIpc) is 3.08. The standard InChI is InChI=1S/C19H26N4O/c1-22(2)19-20-14-16(15-8-5-4-6-9-15)18(21-19)17-10-7-11-23(17)12-13-24-3/h4-6,8-9,14,17H,7,10-13H2,1-3H3/t17-/m0/s1. The van der Waals surface area contributed by atoms with Crippen molar-refractivity contribution < 1.29 is 4.74 Å². The second kappa shape index (κ2) is 7.73. The molecule has 1 saturated heterocycles. The van der Waals surface area contributed by atoms with Gasteiger partial charge in [0.05, 0.1) is 18.3 Å². The van der Waals surface area contributed by atoms with E-state index in [4.69, 9.17) is 9.72 Å². The lowest BCUT2D eigenvalue weighted by molar-refractivity contribution is 0.140. The van der Waals surface area contributed by atoms with Gasteiger partial charge in [-0.25, -0.2) is 9.97 Å². The summed E-state index contributed by atoms with van der Waals surface area (Å²) in [5.74, 6) is 0.767. The molecule has 1 aromatic heterocycles. The number of methoxy groups -OCH3 is 1. The molecule has 0 aliphatic carbocycles. The summed E-state index contributed by atoms with van der Waals surface area (Å²) in [5, 5.41) is 0. The fourth-order valence-corrected chi connectivity index (χ4v) is 3.31. The van der Waals surface area contributed by atoms with Crippen molar-refractivity contribution in [1.29, 1.82) is 0 Å². The SMILES string of the molecule is COCCN1CCC[C@H]1c1nc(N(C)C)ncc1-c1ccccc1.